The molecule has 0 fully saturated rings. The van der Waals surface area contributed by atoms with Crippen molar-refractivity contribution in [3.8, 4) is 6.07 Å². The standard InChI is InChI=1S/C16H12ClFN2S/c17-11-2-4-16-12(8-11)14(5-6-21-16)20-15-3-1-10(9-19)7-13(15)18/h1-4,7-8,14,20H,5-6H2. The van der Waals surface area contributed by atoms with Crippen molar-refractivity contribution in [1.29, 1.82) is 5.26 Å². The third-order valence-corrected chi connectivity index (χ3v) is 4.80. The van der Waals surface area contributed by atoms with Crippen LogP contribution in [0.2, 0.25) is 5.02 Å². The van der Waals surface area contributed by atoms with Gasteiger partial charge in [0.2, 0.25) is 0 Å². The molecule has 0 bridgehead atoms. The Morgan fingerprint density at radius 2 is 2.14 bits per heavy atom. The van der Waals surface area contributed by atoms with Gasteiger partial charge in [0.15, 0.2) is 0 Å². The third-order valence-electron chi connectivity index (χ3n) is 3.44. The van der Waals surface area contributed by atoms with E-state index in [9.17, 15) is 4.39 Å². The maximum Gasteiger partial charge on any atom is 0.147 e. The maximum absolute atomic E-state index is 14.0. The highest BCUT2D eigenvalue weighted by atomic mass is 35.5. The fourth-order valence-corrected chi connectivity index (χ4v) is 3.69. The number of thioether (sulfide) groups is 1. The molecule has 3 rings (SSSR count). The summed E-state index contributed by atoms with van der Waals surface area (Å²) in [6, 6.07) is 12.2. The number of fused-ring (bicyclic) bond motifs is 1. The van der Waals surface area contributed by atoms with E-state index >= 15 is 0 Å². The molecule has 2 nitrogen and oxygen atoms in total. The number of nitrogens with one attached hydrogen (secondary N) is 1. The van der Waals surface area contributed by atoms with Crippen LogP contribution in [0.1, 0.15) is 23.6 Å². The number of rotatable bonds is 2. The molecule has 1 aliphatic heterocycles. The largest absolute Gasteiger partial charge is 0.376 e. The Labute approximate surface area is 131 Å². The minimum Gasteiger partial charge on any atom is -0.376 e. The fraction of sp³-hybridized carbons (Fsp3) is 0.188. The zero-order chi connectivity index (χ0) is 14.8. The summed E-state index contributed by atoms with van der Waals surface area (Å²) in [5, 5.41) is 12.7. The molecule has 2 aromatic carbocycles. The highest BCUT2D eigenvalue weighted by Gasteiger charge is 2.21. The topological polar surface area (TPSA) is 35.8 Å². The number of hydrogen-bond acceptors (Lipinski definition) is 3. The number of hydrogen-bond donors (Lipinski definition) is 1. The molecule has 2 aromatic rings. The summed E-state index contributed by atoms with van der Waals surface area (Å²) in [5.74, 6) is 0.570. The molecule has 0 aromatic heterocycles. The molecule has 0 spiro atoms. The Kier molecular flexibility index (Phi) is 4.05. The lowest BCUT2D eigenvalue weighted by atomic mass is 10.0. The van der Waals surface area contributed by atoms with Crippen LogP contribution in [-0.4, -0.2) is 5.75 Å². The molecule has 5 heteroatoms. The summed E-state index contributed by atoms with van der Waals surface area (Å²) in [6.07, 6.45) is 0.900. The zero-order valence-electron chi connectivity index (χ0n) is 11.1. The van der Waals surface area contributed by atoms with Crippen molar-refractivity contribution < 1.29 is 4.39 Å². The van der Waals surface area contributed by atoms with E-state index in [1.165, 1.54) is 11.0 Å². The Bertz CT molecular complexity index is 727. The van der Waals surface area contributed by atoms with Gasteiger partial charge < -0.3 is 5.32 Å². The predicted molar refractivity (Wildman–Crippen MR) is 84.3 cm³/mol. The van der Waals surface area contributed by atoms with Gasteiger partial charge in [-0.25, -0.2) is 4.39 Å². The molecule has 1 atom stereocenters. The number of halogens is 2. The maximum atomic E-state index is 14.0. The molecule has 1 heterocycles. The smallest absolute Gasteiger partial charge is 0.147 e. The first-order valence-electron chi connectivity index (χ1n) is 6.56. The van der Waals surface area contributed by atoms with Crippen molar-refractivity contribution in [2.45, 2.75) is 17.4 Å². The van der Waals surface area contributed by atoms with E-state index in [4.69, 9.17) is 16.9 Å². The average molecular weight is 319 g/mol. The second-order valence-corrected chi connectivity index (χ2v) is 6.40. The Morgan fingerprint density at radius 1 is 1.29 bits per heavy atom. The molecule has 1 aliphatic rings. The van der Waals surface area contributed by atoms with E-state index in [1.54, 1.807) is 23.9 Å². The number of nitriles is 1. The van der Waals surface area contributed by atoms with Crippen LogP contribution in [0.4, 0.5) is 10.1 Å². The monoisotopic (exact) mass is 318 g/mol. The van der Waals surface area contributed by atoms with E-state index in [0.717, 1.165) is 17.7 Å². The molecule has 1 N–H and O–H groups in total. The van der Waals surface area contributed by atoms with Gasteiger partial charge in [-0.1, -0.05) is 11.6 Å². The van der Waals surface area contributed by atoms with Crippen molar-refractivity contribution in [1.82, 2.24) is 0 Å². The number of nitrogens with zero attached hydrogens (tertiary/aromatic N) is 1. The molecule has 1 unspecified atom stereocenters. The van der Waals surface area contributed by atoms with E-state index in [2.05, 4.69) is 5.32 Å². The van der Waals surface area contributed by atoms with Crippen LogP contribution >= 0.6 is 23.4 Å². The quantitative estimate of drug-likeness (QED) is 0.846. The number of benzene rings is 2. The minimum atomic E-state index is -0.407. The van der Waals surface area contributed by atoms with E-state index in [1.807, 2.05) is 24.3 Å². The van der Waals surface area contributed by atoms with E-state index < -0.39 is 5.82 Å². The van der Waals surface area contributed by atoms with E-state index in [0.29, 0.717) is 16.3 Å². The third kappa shape index (κ3) is 2.99. The van der Waals surface area contributed by atoms with Gasteiger partial charge in [-0.05, 0) is 48.4 Å². The SMILES string of the molecule is N#Cc1ccc(NC2CCSc3ccc(Cl)cc32)c(F)c1. The first-order chi connectivity index (χ1) is 10.2. The second-order valence-electron chi connectivity index (χ2n) is 4.82. The van der Waals surface area contributed by atoms with Crippen LogP contribution in [0.25, 0.3) is 0 Å². The Balaban J connectivity index is 1.90. The number of anilines is 1. The minimum absolute atomic E-state index is 0.0300. The van der Waals surface area contributed by atoms with Crippen molar-refractivity contribution in [3.05, 3.63) is 58.4 Å². The van der Waals surface area contributed by atoms with Crippen LogP contribution in [0.5, 0.6) is 0 Å². The van der Waals surface area contributed by atoms with Gasteiger partial charge in [0.05, 0.1) is 23.4 Å². The summed E-state index contributed by atoms with van der Waals surface area (Å²) >= 11 is 7.86. The van der Waals surface area contributed by atoms with Gasteiger partial charge >= 0.3 is 0 Å². The first-order valence-corrected chi connectivity index (χ1v) is 7.92. The van der Waals surface area contributed by atoms with Crippen LogP contribution in [0.15, 0.2) is 41.3 Å². The van der Waals surface area contributed by atoms with Gasteiger partial charge in [-0.15, -0.1) is 11.8 Å². The van der Waals surface area contributed by atoms with Gasteiger partial charge in [0.1, 0.15) is 5.82 Å². The molecular formula is C16H12ClFN2S. The van der Waals surface area contributed by atoms with Gasteiger partial charge in [-0.2, -0.15) is 5.26 Å². The molecule has 0 amide bonds. The lowest BCUT2D eigenvalue weighted by Crippen LogP contribution is -2.16. The molecule has 0 aliphatic carbocycles. The summed E-state index contributed by atoms with van der Waals surface area (Å²) in [6.45, 7) is 0. The highest BCUT2D eigenvalue weighted by Crippen LogP contribution is 2.39. The zero-order valence-corrected chi connectivity index (χ0v) is 12.6. The van der Waals surface area contributed by atoms with E-state index in [-0.39, 0.29) is 6.04 Å². The molecule has 21 heavy (non-hydrogen) atoms. The summed E-state index contributed by atoms with van der Waals surface area (Å²) < 4.78 is 14.0. The molecule has 0 saturated carbocycles. The highest BCUT2D eigenvalue weighted by molar-refractivity contribution is 7.99. The summed E-state index contributed by atoms with van der Waals surface area (Å²) in [4.78, 5) is 1.18. The second kappa shape index (κ2) is 5.97. The average Bonchev–Trinajstić information content (AvgIpc) is 2.49. The molecule has 0 saturated heterocycles. The molecular weight excluding hydrogens is 307 g/mol. The Morgan fingerprint density at radius 3 is 2.90 bits per heavy atom. The Hall–Kier alpha value is -1.70. The van der Waals surface area contributed by atoms with Crippen LogP contribution in [0.3, 0.4) is 0 Å². The van der Waals surface area contributed by atoms with Crippen molar-refractivity contribution >= 4 is 29.1 Å². The lowest BCUT2D eigenvalue weighted by Gasteiger charge is -2.27. The normalized spacial score (nSPS) is 16.9. The van der Waals surface area contributed by atoms with Gasteiger partial charge in [-0.3, -0.25) is 0 Å². The van der Waals surface area contributed by atoms with Crippen molar-refractivity contribution in [2.75, 3.05) is 11.1 Å². The van der Waals surface area contributed by atoms with Crippen molar-refractivity contribution in [3.63, 3.8) is 0 Å². The van der Waals surface area contributed by atoms with Gasteiger partial charge in [0.25, 0.3) is 0 Å². The molecule has 106 valence electrons. The van der Waals surface area contributed by atoms with Crippen molar-refractivity contribution in [2.24, 2.45) is 0 Å². The lowest BCUT2D eigenvalue weighted by molar-refractivity contribution is 0.622. The first kappa shape index (κ1) is 14.2. The molecule has 0 radical (unpaired) electrons. The fourth-order valence-electron chi connectivity index (χ4n) is 2.40. The van der Waals surface area contributed by atoms with Crippen LogP contribution in [0, 0.1) is 17.1 Å². The van der Waals surface area contributed by atoms with Crippen LogP contribution < -0.4 is 5.32 Å². The van der Waals surface area contributed by atoms with Crippen LogP contribution in [-0.2, 0) is 0 Å². The van der Waals surface area contributed by atoms with Gasteiger partial charge in [0, 0.05) is 15.7 Å². The predicted octanol–water partition coefficient (Wildman–Crippen LogP) is 5.00. The summed E-state index contributed by atoms with van der Waals surface area (Å²) in [5.41, 5.74) is 1.83. The summed E-state index contributed by atoms with van der Waals surface area (Å²) in [7, 11) is 0.